The van der Waals surface area contributed by atoms with Crippen molar-refractivity contribution in [2.75, 3.05) is 50.8 Å². The molecule has 0 spiro atoms. The molecule has 2 aliphatic heterocycles. The van der Waals surface area contributed by atoms with Gasteiger partial charge < -0.3 is 20.3 Å². The molecule has 0 saturated carbocycles. The normalized spacial score (nSPS) is 19.9. The first-order valence-electron chi connectivity index (χ1n) is 7.98. The van der Waals surface area contributed by atoms with Crippen LogP contribution >= 0.6 is 24.8 Å². The Morgan fingerprint density at radius 1 is 1.17 bits per heavy atom. The minimum Gasteiger partial charge on any atom is -0.381 e. The average Bonchev–Trinajstić information content (AvgIpc) is 2.62. The Labute approximate surface area is 155 Å². The third-order valence-electron chi connectivity index (χ3n) is 4.83. The number of nitrogens with two attached hydrogens (primary N) is 1. The van der Waals surface area contributed by atoms with Gasteiger partial charge in [0.05, 0.1) is 5.41 Å². The summed E-state index contributed by atoms with van der Waals surface area (Å²) in [7, 11) is 0. The molecule has 3 heterocycles. The largest absolute Gasteiger partial charge is 0.381 e. The molecule has 2 aliphatic rings. The van der Waals surface area contributed by atoms with Gasteiger partial charge in [-0.25, -0.2) is 4.98 Å². The van der Waals surface area contributed by atoms with Gasteiger partial charge in [0.15, 0.2) is 0 Å². The second-order valence-corrected chi connectivity index (χ2v) is 6.06. The van der Waals surface area contributed by atoms with Gasteiger partial charge in [-0.2, -0.15) is 0 Å². The molecule has 136 valence electrons. The molecular formula is C16H26Cl2N4O2. The SMILES string of the molecule is Cl.Cl.NCC1(C(=O)N2CCN(c3ccccn3)CC2)CCOCC1. The highest BCUT2D eigenvalue weighted by atomic mass is 35.5. The van der Waals surface area contributed by atoms with Crippen LogP contribution in [0.3, 0.4) is 0 Å². The van der Waals surface area contributed by atoms with Crippen LogP contribution in [0.25, 0.3) is 0 Å². The third kappa shape index (κ3) is 4.30. The minimum absolute atomic E-state index is 0. The summed E-state index contributed by atoms with van der Waals surface area (Å²) in [4.78, 5) is 21.5. The molecule has 24 heavy (non-hydrogen) atoms. The monoisotopic (exact) mass is 376 g/mol. The van der Waals surface area contributed by atoms with Gasteiger partial charge in [0.25, 0.3) is 0 Å². The summed E-state index contributed by atoms with van der Waals surface area (Å²) in [6, 6.07) is 5.92. The van der Waals surface area contributed by atoms with Crippen LogP contribution in [0.1, 0.15) is 12.8 Å². The fourth-order valence-corrected chi connectivity index (χ4v) is 3.28. The van der Waals surface area contributed by atoms with Crippen LogP contribution in [0.4, 0.5) is 5.82 Å². The van der Waals surface area contributed by atoms with E-state index in [-0.39, 0.29) is 30.7 Å². The van der Waals surface area contributed by atoms with Gasteiger partial charge in [0.2, 0.25) is 5.91 Å². The lowest BCUT2D eigenvalue weighted by molar-refractivity contribution is -0.147. The molecule has 8 heteroatoms. The van der Waals surface area contributed by atoms with Crippen LogP contribution in [0.2, 0.25) is 0 Å². The van der Waals surface area contributed by atoms with Crippen molar-refractivity contribution in [2.24, 2.45) is 11.1 Å². The first-order chi connectivity index (χ1) is 10.7. The maximum Gasteiger partial charge on any atom is 0.230 e. The smallest absolute Gasteiger partial charge is 0.230 e. The predicted octanol–water partition coefficient (Wildman–Crippen LogP) is 1.33. The number of carbonyl (C=O) groups excluding carboxylic acids is 1. The fourth-order valence-electron chi connectivity index (χ4n) is 3.28. The number of ether oxygens (including phenoxy) is 1. The van der Waals surface area contributed by atoms with Crippen LogP contribution in [0, 0.1) is 5.41 Å². The number of anilines is 1. The molecule has 2 fully saturated rings. The summed E-state index contributed by atoms with van der Waals surface area (Å²) >= 11 is 0. The number of nitrogens with zero attached hydrogens (tertiary/aromatic N) is 3. The van der Waals surface area contributed by atoms with Crippen molar-refractivity contribution < 1.29 is 9.53 Å². The van der Waals surface area contributed by atoms with Gasteiger partial charge in [-0.05, 0) is 25.0 Å². The third-order valence-corrected chi connectivity index (χ3v) is 4.83. The van der Waals surface area contributed by atoms with Gasteiger partial charge in [-0.1, -0.05) is 6.07 Å². The fraction of sp³-hybridized carbons (Fsp3) is 0.625. The quantitative estimate of drug-likeness (QED) is 0.861. The van der Waals surface area contributed by atoms with Crippen molar-refractivity contribution in [3.05, 3.63) is 24.4 Å². The highest BCUT2D eigenvalue weighted by Gasteiger charge is 2.42. The van der Waals surface area contributed by atoms with Gasteiger partial charge in [0, 0.05) is 52.1 Å². The number of amides is 1. The van der Waals surface area contributed by atoms with E-state index in [4.69, 9.17) is 10.5 Å². The molecule has 0 unspecified atom stereocenters. The molecule has 0 aromatic carbocycles. The zero-order valence-electron chi connectivity index (χ0n) is 13.7. The van der Waals surface area contributed by atoms with E-state index in [0.29, 0.717) is 19.8 Å². The summed E-state index contributed by atoms with van der Waals surface area (Å²) in [6.45, 7) is 4.79. The van der Waals surface area contributed by atoms with Crippen molar-refractivity contribution in [1.29, 1.82) is 0 Å². The number of pyridine rings is 1. The molecule has 1 amide bonds. The van der Waals surface area contributed by atoms with E-state index in [9.17, 15) is 4.79 Å². The molecule has 1 aromatic rings. The van der Waals surface area contributed by atoms with Crippen LogP contribution < -0.4 is 10.6 Å². The Morgan fingerprint density at radius 2 is 1.83 bits per heavy atom. The lowest BCUT2D eigenvalue weighted by Gasteiger charge is -2.42. The molecule has 0 atom stereocenters. The summed E-state index contributed by atoms with van der Waals surface area (Å²) in [6.07, 6.45) is 3.28. The van der Waals surface area contributed by atoms with Crippen molar-refractivity contribution in [3.8, 4) is 0 Å². The van der Waals surface area contributed by atoms with E-state index in [0.717, 1.165) is 44.8 Å². The number of halogens is 2. The van der Waals surface area contributed by atoms with Crippen molar-refractivity contribution >= 4 is 36.5 Å². The molecule has 2 saturated heterocycles. The Hall–Kier alpha value is -1.08. The molecular weight excluding hydrogens is 351 g/mol. The molecule has 6 nitrogen and oxygen atoms in total. The molecule has 1 aromatic heterocycles. The molecule has 0 aliphatic carbocycles. The van der Waals surface area contributed by atoms with E-state index < -0.39 is 5.41 Å². The van der Waals surface area contributed by atoms with E-state index in [1.54, 1.807) is 6.20 Å². The van der Waals surface area contributed by atoms with E-state index in [1.165, 1.54) is 0 Å². The first kappa shape index (κ1) is 21.0. The van der Waals surface area contributed by atoms with Crippen LogP contribution in [-0.4, -0.2) is 61.7 Å². The van der Waals surface area contributed by atoms with E-state index in [1.807, 2.05) is 23.1 Å². The number of piperazine rings is 1. The summed E-state index contributed by atoms with van der Waals surface area (Å²) in [5, 5.41) is 0. The molecule has 0 bridgehead atoms. The van der Waals surface area contributed by atoms with Crippen LogP contribution in [-0.2, 0) is 9.53 Å². The number of hydrogen-bond donors (Lipinski definition) is 1. The van der Waals surface area contributed by atoms with Crippen LogP contribution in [0.15, 0.2) is 24.4 Å². The molecule has 0 radical (unpaired) electrons. The maximum absolute atomic E-state index is 12.9. The highest BCUT2D eigenvalue weighted by molar-refractivity contribution is 5.85. The van der Waals surface area contributed by atoms with Gasteiger partial charge in [-0.15, -0.1) is 24.8 Å². The topological polar surface area (TPSA) is 71.7 Å². The molecule has 2 N–H and O–H groups in total. The van der Waals surface area contributed by atoms with Gasteiger partial charge in [-0.3, -0.25) is 4.79 Å². The first-order valence-corrected chi connectivity index (χ1v) is 7.98. The van der Waals surface area contributed by atoms with Gasteiger partial charge >= 0.3 is 0 Å². The van der Waals surface area contributed by atoms with Crippen molar-refractivity contribution in [3.63, 3.8) is 0 Å². The summed E-state index contributed by atoms with van der Waals surface area (Å²) in [5.41, 5.74) is 5.53. The number of hydrogen-bond acceptors (Lipinski definition) is 5. The number of rotatable bonds is 3. The molecule has 3 rings (SSSR count). The second kappa shape index (κ2) is 9.42. The average molecular weight is 377 g/mol. The summed E-state index contributed by atoms with van der Waals surface area (Å²) < 4.78 is 5.40. The minimum atomic E-state index is -0.411. The lowest BCUT2D eigenvalue weighted by Crippen LogP contribution is -2.56. The second-order valence-electron chi connectivity index (χ2n) is 6.06. The number of carbonyl (C=O) groups is 1. The van der Waals surface area contributed by atoms with E-state index in [2.05, 4.69) is 9.88 Å². The zero-order chi connectivity index (χ0) is 15.4. The zero-order valence-corrected chi connectivity index (χ0v) is 15.4. The van der Waals surface area contributed by atoms with E-state index >= 15 is 0 Å². The highest BCUT2D eigenvalue weighted by Crippen LogP contribution is 2.32. The Balaban J connectivity index is 0.00000144. The Kier molecular flexibility index (Phi) is 8.22. The number of aromatic nitrogens is 1. The maximum atomic E-state index is 12.9. The lowest BCUT2D eigenvalue weighted by atomic mass is 9.78. The summed E-state index contributed by atoms with van der Waals surface area (Å²) in [5.74, 6) is 1.19. The van der Waals surface area contributed by atoms with Crippen LogP contribution in [0.5, 0.6) is 0 Å². The Bertz CT molecular complexity index is 504. The Morgan fingerprint density at radius 3 is 2.38 bits per heavy atom. The standard InChI is InChI=1S/C16H24N4O2.2ClH/c17-13-16(4-11-22-12-5-16)15(21)20-9-7-19(8-10-20)14-3-1-2-6-18-14;;/h1-3,6H,4-5,7-13,17H2;2*1H. The van der Waals surface area contributed by atoms with Gasteiger partial charge in [0.1, 0.15) is 5.82 Å². The van der Waals surface area contributed by atoms with Crippen molar-refractivity contribution in [2.45, 2.75) is 12.8 Å². The predicted molar refractivity (Wildman–Crippen MR) is 99.1 cm³/mol. The van der Waals surface area contributed by atoms with Crippen molar-refractivity contribution in [1.82, 2.24) is 9.88 Å².